The third-order valence-corrected chi connectivity index (χ3v) is 4.85. The van der Waals surface area contributed by atoms with Crippen LogP contribution in [0.1, 0.15) is 24.5 Å². The third kappa shape index (κ3) is 4.26. The van der Waals surface area contributed by atoms with Gasteiger partial charge in [0.1, 0.15) is 11.4 Å². The number of nitrogens with one attached hydrogen (secondary N) is 2. The molecule has 0 unspecified atom stereocenters. The van der Waals surface area contributed by atoms with E-state index in [-0.39, 0.29) is 12.5 Å². The fraction of sp³-hybridized carbons (Fsp3) is 0.200. The summed E-state index contributed by atoms with van der Waals surface area (Å²) in [5, 5.41) is 11.7. The standard InChI is InChI=1S/C20H17Cl2N3O2/c21-14-5-3-13(4-6-14)19-20(18(24-25-19)12-1-2-12)23-17(26)11-27-16-9-7-15(22)8-10-16/h3-10,12H,1-2,11H2,(H,23,26)(H,24,25). The van der Waals surface area contributed by atoms with Crippen molar-refractivity contribution in [2.75, 3.05) is 11.9 Å². The summed E-state index contributed by atoms with van der Waals surface area (Å²) in [7, 11) is 0. The van der Waals surface area contributed by atoms with E-state index in [1.54, 1.807) is 36.4 Å². The smallest absolute Gasteiger partial charge is 0.262 e. The van der Waals surface area contributed by atoms with Gasteiger partial charge < -0.3 is 10.1 Å². The van der Waals surface area contributed by atoms with Gasteiger partial charge in [0.25, 0.3) is 5.91 Å². The number of halogens is 2. The molecule has 0 saturated heterocycles. The van der Waals surface area contributed by atoms with Crippen LogP contribution in [0.5, 0.6) is 5.75 Å². The van der Waals surface area contributed by atoms with Crippen LogP contribution in [0.25, 0.3) is 11.3 Å². The molecule has 2 aromatic carbocycles. The van der Waals surface area contributed by atoms with Crippen molar-refractivity contribution >= 4 is 34.8 Å². The molecule has 0 atom stereocenters. The van der Waals surface area contributed by atoms with Crippen LogP contribution in [-0.2, 0) is 4.79 Å². The summed E-state index contributed by atoms with van der Waals surface area (Å²) in [6.07, 6.45) is 2.18. The van der Waals surface area contributed by atoms with Crippen molar-refractivity contribution in [3.63, 3.8) is 0 Å². The highest BCUT2D eigenvalue weighted by molar-refractivity contribution is 6.30. The zero-order chi connectivity index (χ0) is 18.8. The monoisotopic (exact) mass is 401 g/mol. The predicted molar refractivity (Wildman–Crippen MR) is 107 cm³/mol. The minimum Gasteiger partial charge on any atom is -0.484 e. The van der Waals surface area contributed by atoms with Gasteiger partial charge in [0.05, 0.1) is 11.4 Å². The van der Waals surface area contributed by atoms with Gasteiger partial charge in [0, 0.05) is 21.5 Å². The van der Waals surface area contributed by atoms with Gasteiger partial charge in [-0.25, -0.2) is 0 Å². The van der Waals surface area contributed by atoms with Crippen molar-refractivity contribution < 1.29 is 9.53 Å². The molecule has 0 radical (unpaired) electrons. The zero-order valence-electron chi connectivity index (χ0n) is 14.3. The highest BCUT2D eigenvalue weighted by Gasteiger charge is 2.31. The summed E-state index contributed by atoms with van der Waals surface area (Å²) in [6.45, 7) is -0.100. The van der Waals surface area contributed by atoms with Crippen molar-refractivity contribution in [3.05, 3.63) is 64.3 Å². The van der Waals surface area contributed by atoms with Crippen LogP contribution >= 0.6 is 23.2 Å². The summed E-state index contributed by atoms with van der Waals surface area (Å²) in [6, 6.07) is 14.3. The molecule has 1 aliphatic carbocycles. The Bertz CT molecular complexity index is 948. The molecular weight excluding hydrogens is 385 g/mol. The molecule has 1 aliphatic rings. The van der Waals surface area contributed by atoms with Gasteiger partial charge in [0.15, 0.2) is 6.61 Å². The number of aromatic amines is 1. The Morgan fingerprint density at radius 3 is 2.33 bits per heavy atom. The lowest BCUT2D eigenvalue weighted by Gasteiger charge is -2.10. The third-order valence-electron chi connectivity index (χ3n) is 4.35. The first-order chi connectivity index (χ1) is 13.1. The molecule has 1 saturated carbocycles. The number of nitrogens with zero attached hydrogens (tertiary/aromatic N) is 1. The van der Waals surface area contributed by atoms with Gasteiger partial charge in [-0.15, -0.1) is 0 Å². The number of carbonyl (C=O) groups is 1. The lowest BCUT2D eigenvalue weighted by Crippen LogP contribution is -2.21. The first-order valence-corrected chi connectivity index (χ1v) is 9.38. The zero-order valence-corrected chi connectivity index (χ0v) is 15.8. The molecule has 0 aliphatic heterocycles. The molecule has 27 heavy (non-hydrogen) atoms. The lowest BCUT2D eigenvalue weighted by molar-refractivity contribution is -0.118. The molecule has 1 heterocycles. The van der Waals surface area contributed by atoms with Crippen LogP contribution in [0.4, 0.5) is 5.69 Å². The van der Waals surface area contributed by atoms with Crippen LogP contribution in [0, 0.1) is 0 Å². The van der Waals surface area contributed by atoms with E-state index in [0.717, 1.165) is 24.1 Å². The summed E-state index contributed by atoms with van der Waals surface area (Å²) in [5.74, 6) is 0.747. The van der Waals surface area contributed by atoms with Gasteiger partial charge in [-0.05, 0) is 49.2 Å². The molecule has 138 valence electrons. The van der Waals surface area contributed by atoms with Crippen molar-refractivity contribution in [3.8, 4) is 17.0 Å². The van der Waals surface area contributed by atoms with Gasteiger partial charge in [-0.3, -0.25) is 9.89 Å². The molecule has 1 aromatic heterocycles. The molecule has 7 heteroatoms. The SMILES string of the molecule is O=C(COc1ccc(Cl)cc1)Nc1c(-c2ccc(Cl)cc2)n[nH]c1C1CC1. The highest BCUT2D eigenvalue weighted by atomic mass is 35.5. The minimum atomic E-state index is -0.247. The second-order valence-electron chi connectivity index (χ2n) is 6.43. The molecule has 0 bridgehead atoms. The maximum absolute atomic E-state index is 12.5. The lowest BCUT2D eigenvalue weighted by atomic mass is 10.1. The second-order valence-corrected chi connectivity index (χ2v) is 7.31. The molecular formula is C20H17Cl2N3O2. The average Bonchev–Trinajstić information content (AvgIpc) is 3.43. The Morgan fingerprint density at radius 1 is 1.07 bits per heavy atom. The van der Waals surface area contributed by atoms with E-state index in [9.17, 15) is 4.79 Å². The Balaban J connectivity index is 1.51. The van der Waals surface area contributed by atoms with Crippen LogP contribution in [0.2, 0.25) is 10.0 Å². The van der Waals surface area contributed by atoms with E-state index in [0.29, 0.717) is 33.1 Å². The maximum atomic E-state index is 12.5. The van der Waals surface area contributed by atoms with Crippen molar-refractivity contribution in [1.82, 2.24) is 10.2 Å². The quantitative estimate of drug-likeness (QED) is 0.590. The van der Waals surface area contributed by atoms with Gasteiger partial charge >= 0.3 is 0 Å². The van der Waals surface area contributed by atoms with Crippen LogP contribution in [-0.4, -0.2) is 22.7 Å². The number of amides is 1. The number of ether oxygens (including phenoxy) is 1. The fourth-order valence-corrected chi connectivity index (χ4v) is 3.07. The minimum absolute atomic E-state index is 0.100. The molecule has 4 rings (SSSR count). The van der Waals surface area contributed by atoms with Crippen molar-refractivity contribution in [1.29, 1.82) is 0 Å². The van der Waals surface area contributed by atoms with E-state index in [2.05, 4.69) is 15.5 Å². The Kier molecular flexibility index (Phi) is 5.05. The molecule has 1 amide bonds. The summed E-state index contributed by atoms with van der Waals surface area (Å²) < 4.78 is 5.53. The number of benzene rings is 2. The number of H-pyrrole nitrogens is 1. The van der Waals surface area contributed by atoms with Crippen molar-refractivity contribution in [2.24, 2.45) is 0 Å². The van der Waals surface area contributed by atoms with Crippen LogP contribution in [0.15, 0.2) is 48.5 Å². The Hall–Kier alpha value is -2.50. The van der Waals surface area contributed by atoms with E-state index in [1.807, 2.05) is 12.1 Å². The average molecular weight is 402 g/mol. The predicted octanol–water partition coefficient (Wildman–Crippen LogP) is 5.28. The fourth-order valence-electron chi connectivity index (χ4n) is 2.82. The van der Waals surface area contributed by atoms with E-state index < -0.39 is 0 Å². The maximum Gasteiger partial charge on any atom is 0.262 e. The summed E-state index contributed by atoms with van der Waals surface area (Å²) in [4.78, 5) is 12.5. The largest absolute Gasteiger partial charge is 0.484 e. The number of anilines is 1. The molecule has 3 aromatic rings. The van der Waals surface area contributed by atoms with Gasteiger partial charge in [0.2, 0.25) is 0 Å². The highest BCUT2D eigenvalue weighted by Crippen LogP contribution is 2.45. The van der Waals surface area contributed by atoms with Crippen molar-refractivity contribution in [2.45, 2.75) is 18.8 Å². The van der Waals surface area contributed by atoms with E-state index in [1.165, 1.54) is 0 Å². The van der Waals surface area contributed by atoms with Gasteiger partial charge in [-0.1, -0.05) is 35.3 Å². The number of carbonyl (C=O) groups excluding carboxylic acids is 1. The van der Waals surface area contributed by atoms with Crippen LogP contribution in [0.3, 0.4) is 0 Å². The molecule has 2 N–H and O–H groups in total. The Labute approximate surface area is 166 Å². The number of aromatic nitrogens is 2. The van der Waals surface area contributed by atoms with E-state index >= 15 is 0 Å². The number of hydrogen-bond acceptors (Lipinski definition) is 3. The summed E-state index contributed by atoms with van der Waals surface area (Å²) in [5.41, 5.74) is 3.26. The number of rotatable bonds is 6. The normalized spacial score (nSPS) is 13.4. The molecule has 5 nitrogen and oxygen atoms in total. The first-order valence-electron chi connectivity index (χ1n) is 8.62. The molecule has 1 fully saturated rings. The van der Waals surface area contributed by atoms with E-state index in [4.69, 9.17) is 27.9 Å². The topological polar surface area (TPSA) is 67.0 Å². The summed E-state index contributed by atoms with van der Waals surface area (Å²) >= 11 is 11.8. The Morgan fingerprint density at radius 2 is 1.70 bits per heavy atom. The van der Waals surface area contributed by atoms with Crippen LogP contribution < -0.4 is 10.1 Å². The first kappa shape index (κ1) is 17.9. The second kappa shape index (κ2) is 7.62. The number of hydrogen-bond donors (Lipinski definition) is 2. The van der Waals surface area contributed by atoms with Gasteiger partial charge in [-0.2, -0.15) is 5.10 Å². The molecule has 0 spiro atoms.